The Morgan fingerprint density at radius 2 is 1.92 bits per heavy atom. The average Bonchev–Trinajstić information content (AvgIpc) is 2.92. The van der Waals surface area contributed by atoms with Crippen LogP contribution in [0.4, 0.5) is 4.39 Å². The Morgan fingerprint density at radius 3 is 2.67 bits per heavy atom. The molecule has 3 nitrogen and oxygen atoms in total. The van der Waals surface area contributed by atoms with Crippen LogP contribution in [-0.4, -0.2) is 16.1 Å². The first-order chi connectivity index (χ1) is 11.6. The zero-order valence-corrected chi connectivity index (χ0v) is 13.0. The first-order valence-corrected chi connectivity index (χ1v) is 7.66. The lowest BCUT2D eigenvalue weighted by Crippen LogP contribution is -2.06. The van der Waals surface area contributed by atoms with E-state index in [0.29, 0.717) is 23.1 Å². The highest BCUT2D eigenvalue weighted by Crippen LogP contribution is 2.44. The number of benzene rings is 2. The molecule has 1 aromatic heterocycles. The minimum Gasteiger partial charge on any atom is -0.477 e. The molecule has 1 N–H and O–H groups in total. The quantitative estimate of drug-likeness (QED) is 0.593. The molecule has 4 heteroatoms. The van der Waals surface area contributed by atoms with Gasteiger partial charge in [-0.15, -0.1) is 0 Å². The first kappa shape index (κ1) is 14.6. The van der Waals surface area contributed by atoms with Gasteiger partial charge < -0.3 is 5.11 Å². The normalized spacial score (nSPS) is 11.9. The van der Waals surface area contributed by atoms with E-state index in [4.69, 9.17) is 0 Å². The van der Waals surface area contributed by atoms with Crippen molar-refractivity contribution < 1.29 is 14.3 Å². The molecule has 1 aliphatic carbocycles. The van der Waals surface area contributed by atoms with Gasteiger partial charge in [0.2, 0.25) is 0 Å². The van der Waals surface area contributed by atoms with E-state index in [1.807, 2.05) is 25.1 Å². The summed E-state index contributed by atoms with van der Waals surface area (Å²) in [6.07, 6.45) is 1.97. The third-order valence-corrected chi connectivity index (χ3v) is 4.44. The molecule has 0 saturated heterocycles. The molecule has 0 spiro atoms. The Balaban J connectivity index is 2.06. The number of halogens is 1. The smallest absolute Gasteiger partial charge is 0.354 e. The van der Waals surface area contributed by atoms with E-state index in [2.05, 4.69) is 4.98 Å². The van der Waals surface area contributed by atoms with Gasteiger partial charge in [-0.25, -0.2) is 14.2 Å². The molecule has 0 fully saturated rings. The number of hydrogen-bond donors (Lipinski definition) is 1. The number of carboxylic acid groups (broad SMARTS) is 1. The Kier molecular flexibility index (Phi) is 3.20. The fourth-order valence-corrected chi connectivity index (χ4v) is 3.40. The maximum atomic E-state index is 14.3. The molecule has 24 heavy (non-hydrogen) atoms. The summed E-state index contributed by atoms with van der Waals surface area (Å²) in [6, 6.07) is 12.5. The van der Waals surface area contributed by atoms with Gasteiger partial charge in [-0.05, 0) is 35.2 Å². The number of fused-ring (bicyclic) bond motifs is 3. The van der Waals surface area contributed by atoms with Crippen LogP contribution in [0.15, 0.2) is 48.7 Å². The number of nitrogens with zero attached hydrogens (tertiary/aromatic N) is 1. The van der Waals surface area contributed by atoms with Crippen molar-refractivity contribution in [3.8, 4) is 22.3 Å². The number of rotatable bonds is 2. The number of carboxylic acids is 1. The molecule has 4 rings (SSSR count). The second kappa shape index (κ2) is 5.27. The summed E-state index contributed by atoms with van der Waals surface area (Å²) < 4.78 is 14.3. The number of hydrogen-bond acceptors (Lipinski definition) is 2. The van der Waals surface area contributed by atoms with Crippen molar-refractivity contribution in [2.75, 3.05) is 0 Å². The molecule has 0 saturated carbocycles. The van der Waals surface area contributed by atoms with E-state index in [9.17, 15) is 14.3 Å². The maximum Gasteiger partial charge on any atom is 0.354 e. The zero-order chi connectivity index (χ0) is 16.8. The predicted molar refractivity (Wildman–Crippen MR) is 89.6 cm³/mol. The highest BCUT2D eigenvalue weighted by molar-refractivity contribution is 5.97. The van der Waals surface area contributed by atoms with Gasteiger partial charge >= 0.3 is 5.97 Å². The molecule has 1 aliphatic rings. The molecule has 0 radical (unpaired) electrons. The summed E-state index contributed by atoms with van der Waals surface area (Å²) >= 11 is 0. The summed E-state index contributed by atoms with van der Waals surface area (Å²) in [5.74, 6) is -1.40. The molecule has 1 heterocycles. The average molecular weight is 319 g/mol. The van der Waals surface area contributed by atoms with Crippen molar-refractivity contribution in [3.05, 3.63) is 76.9 Å². The second-order valence-corrected chi connectivity index (χ2v) is 6.00. The summed E-state index contributed by atoms with van der Waals surface area (Å²) in [7, 11) is 0. The lowest BCUT2D eigenvalue weighted by Gasteiger charge is -2.12. The van der Waals surface area contributed by atoms with Crippen LogP contribution in [0.3, 0.4) is 0 Å². The lowest BCUT2D eigenvalue weighted by atomic mass is 9.94. The fraction of sp³-hybridized carbons (Fsp3) is 0.100. The number of pyridine rings is 1. The van der Waals surface area contributed by atoms with Gasteiger partial charge in [0.25, 0.3) is 0 Å². The summed E-state index contributed by atoms with van der Waals surface area (Å²) in [4.78, 5) is 15.7. The van der Waals surface area contributed by atoms with Crippen LogP contribution >= 0.6 is 0 Å². The molecule has 0 aliphatic heterocycles. The summed E-state index contributed by atoms with van der Waals surface area (Å²) in [6.45, 7) is 2.00. The number of aromatic carboxylic acids is 1. The standard InChI is InChI=1S/C20H14FNO2/c1-11-6-7-13-12(8-11)9-15-18(13)16(10-22-19(15)20(23)24)14-4-2-3-5-17(14)21/h2-8,10H,9H2,1H3,(H,23,24). The van der Waals surface area contributed by atoms with Gasteiger partial charge in [0.15, 0.2) is 5.69 Å². The summed E-state index contributed by atoms with van der Waals surface area (Å²) in [5, 5.41) is 9.46. The van der Waals surface area contributed by atoms with Gasteiger partial charge in [-0.1, -0.05) is 42.0 Å². The Labute approximate surface area is 138 Å². The Hall–Kier alpha value is -3.01. The minimum atomic E-state index is -1.06. The van der Waals surface area contributed by atoms with Crippen LogP contribution in [-0.2, 0) is 6.42 Å². The van der Waals surface area contributed by atoms with Crippen LogP contribution in [0.1, 0.15) is 27.2 Å². The minimum absolute atomic E-state index is 0.0407. The fourth-order valence-electron chi connectivity index (χ4n) is 3.40. The van der Waals surface area contributed by atoms with E-state index in [-0.39, 0.29) is 11.5 Å². The number of aryl methyl sites for hydroxylation is 1. The molecule has 118 valence electrons. The van der Waals surface area contributed by atoms with Gasteiger partial charge in [0, 0.05) is 23.7 Å². The monoisotopic (exact) mass is 319 g/mol. The van der Waals surface area contributed by atoms with E-state index in [1.54, 1.807) is 18.2 Å². The van der Waals surface area contributed by atoms with Crippen molar-refractivity contribution in [1.29, 1.82) is 0 Å². The van der Waals surface area contributed by atoms with Crippen LogP contribution < -0.4 is 0 Å². The maximum absolute atomic E-state index is 14.3. The lowest BCUT2D eigenvalue weighted by molar-refractivity contribution is 0.0689. The highest BCUT2D eigenvalue weighted by Gasteiger charge is 2.28. The van der Waals surface area contributed by atoms with E-state index >= 15 is 0 Å². The Morgan fingerprint density at radius 1 is 1.12 bits per heavy atom. The molecule has 0 unspecified atom stereocenters. The second-order valence-electron chi connectivity index (χ2n) is 6.00. The van der Waals surface area contributed by atoms with Crippen molar-refractivity contribution in [3.63, 3.8) is 0 Å². The van der Waals surface area contributed by atoms with Gasteiger partial charge in [0.05, 0.1) is 0 Å². The number of carbonyl (C=O) groups is 1. The third kappa shape index (κ3) is 2.11. The first-order valence-electron chi connectivity index (χ1n) is 7.66. The van der Waals surface area contributed by atoms with Crippen molar-refractivity contribution >= 4 is 5.97 Å². The third-order valence-electron chi connectivity index (χ3n) is 4.44. The van der Waals surface area contributed by atoms with Crippen LogP contribution in [0.2, 0.25) is 0 Å². The molecular weight excluding hydrogens is 305 g/mol. The molecule has 0 atom stereocenters. The van der Waals surface area contributed by atoms with Crippen molar-refractivity contribution in [2.24, 2.45) is 0 Å². The van der Waals surface area contributed by atoms with Gasteiger partial charge in [0.1, 0.15) is 5.82 Å². The van der Waals surface area contributed by atoms with Gasteiger partial charge in [-0.2, -0.15) is 0 Å². The van der Waals surface area contributed by atoms with Crippen molar-refractivity contribution in [2.45, 2.75) is 13.3 Å². The van der Waals surface area contributed by atoms with E-state index < -0.39 is 5.97 Å². The van der Waals surface area contributed by atoms with E-state index in [0.717, 1.165) is 22.3 Å². The van der Waals surface area contributed by atoms with Crippen LogP contribution in [0, 0.1) is 12.7 Å². The molecular formula is C20H14FNO2. The molecule has 3 aromatic rings. The largest absolute Gasteiger partial charge is 0.477 e. The SMILES string of the molecule is Cc1ccc2c(c1)Cc1c(C(=O)O)ncc(-c3ccccc3F)c1-2. The van der Waals surface area contributed by atoms with Crippen LogP contribution in [0.5, 0.6) is 0 Å². The molecule has 0 bridgehead atoms. The van der Waals surface area contributed by atoms with Gasteiger partial charge in [-0.3, -0.25) is 0 Å². The predicted octanol–water partition coefficient (Wildman–Crippen LogP) is 4.47. The zero-order valence-electron chi connectivity index (χ0n) is 13.0. The topological polar surface area (TPSA) is 50.2 Å². The Bertz CT molecular complexity index is 995. The molecule has 0 amide bonds. The molecule has 2 aromatic carbocycles. The van der Waals surface area contributed by atoms with E-state index in [1.165, 1.54) is 12.3 Å². The van der Waals surface area contributed by atoms with Crippen molar-refractivity contribution in [1.82, 2.24) is 4.98 Å². The number of aromatic nitrogens is 1. The highest BCUT2D eigenvalue weighted by atomic mass is 19.1. The van der Waals surface area contributed by atoms with Crippen LogP contribution in [0.25, 0.3) is 22.3 Å². The summed E-state index contributed by atoms with van der Waals surface area (Å²) in [5.41, 5.74) is 5.67.